The van der Waals surface area contributed by atoms with Gasteiger partial charge in [-0.3, -0.25) is 37.3 Å². The highest BCUT2D eigenvalue weighted by Crippen LogP contribution is 2.45. The van der Waals surface area contributed by atoms with Crippen molar-refractivity contribution in [3.8, 4) is 0 Å². The lowest BCUT2D eigenvalue weighted by molar-refractivity contribution is -0.161. The largest absolute Gasteiger partial charge is 0.472 e. The van der Waals surface area contributed by atoms with Gasteiger partial charge in [-0.05, 0) is 148 Å². The quantitative estimate of drug-likeness (QED) is 0.0169. The molecule has 0 bridgehead atoms. The van der Waals surface area contributed by atoms with E-state index in [-0.39, 0.29) is 25.7 Å². The van der Waals surface area contributed by atoms with Crippen LogP contribution in [0.2, 0.25) is 0 Å². The second-order valence-corrected chi connectivity index (χ2v) is 27.0. The third-order valence-electron chi connectivity index (χ3n) is 14.7. The third kappa shape index (κ3) is 70.8. The van der Waals surface area contributed by atoms with Gasteiger partial charge in [0.05, 0.1) is 32.8 Å². The Morgan fingerprint density at radius 2 is 0.560 bits per heavy atom. The lowest BCUT2D eigenvalue weighted by Crippen LogP contribution is -2.30. The summed E-state index contributed by atoms with van der Waals surface area (Å²) in [5, 5.41) is 10.6. The lowest BCUT2D eigenvalue weighted by Gasteiger charge is -2.21. The number of allylic oxidation sites excluding steroid dienone is 27. The van der Waals surface area contributed by atoms with Crippen LogP contribution in [0.3, 0.4) is 0 Å². The van der Waals surface area contributed by atoms with Crippen molar-refractivity contribution in [3.63, 3.8) is 0 Å². The van der Waals surface area contributed by atoms with Crippen LogP contribution in [0.5, 0.6) is 0 Å². The van der Waals surface area contributed by atoms with Crippen LogP contribution < -0.4 is 0 Å². The summed E-state index contributed by atoms with van der Waals surface area (Å²) in [6.07, 6.45) is 83.9. The predicted octanol–water partition coefficient (Wildman–Crippen LogP) is 21.4. The zero-order chi connectivity index (χ0) is 73.2. The highest BCUT2D eigenvalue weighted by Gasteiger charge is 2.30. The zero-order valence-electron chi connectivity index (χ0n) is 61.5. The number of unbranched alkanes of at least 4 members (excludes halogenated alkanes) is 15. The molecule has 0 amide bonds. The first-order valence-electron chi connectivity index (χ1n) is 37.4. The number of aliphatic hydroxyl groups excluding tert-OH is 1. The van der Waals surface area contributed by atoms with Gasteiger partial charge in [0.15, 0.2) is 12.2 Å². The number of ether oxygens (including phenoxy) is 4. The third-order valence-corrected chi connectivity index (χ3v) is 16.6. The zero-order valence-corrected chi connectivity index (χ0v) is 63.3. The number of phosphoric acid groups is 2. The Balaban J connectivity index is 5.48. The molecule has 566 valence electrons. The second kappa shape index (κ2) is 71.8. The van der Waals surface area contributed by atoms with E-state index < -0.39 is 97.5 Å². The molecule has 5 atom stereocenters. The number of hydrogen-bond acceptors (Lipinski definition) is 15. The number of hydrogen-bond donors (Lipinski definition) is 3. The molecular formula is C81H130O17P2. The minimum atomic E-state index is -5.01. The maximum absolute atomic E-state index is 13.1. The molecule has 5 unspecified atom stereocenters. The first-order valence-corrected chi connectivity index (χ1v) is 40.4. The van der Waals surface area contributed by atoms with Gasteiger partial charge >= 0.3 is 39.5 Å². The molecule has 0 aliphatic rings. The van der Waals surface area contributed by atoms with Gasteiger partial charge < -0.3 is 33.8 Å². The van der Waals surface area contributed by atoms with Crippen molar-refractivity contribution in [1.82, 2.24) is 0 Å². The Kier molecular flexibility index (Phi) is 67.8. The van der Waals surface area contributed by atoms with E-state index in [1.165, 1.54) is 0 Å². The molecule has 0 aliphatic heterocycles. The van der Waals surface area contributed by atoms with E-state index in [9.17, 15) is 43.2 Å². The number of carbonyl (C=O) groups is 4. The molecule has 0 fully saturated rings. The van der Waals surface area contributed by atoms with Crippen LogP contribution in [0, 0.1) is 0 Å². The van der Waals surface area contributed by atoms with E-state index in [0.29, 0.717) is 25.7 Å². The summed E-state index contributed by atoms with van der Waals surface area (Å²) in [7, 11) is -10.0. The Morgan fingerprint density at radius 1 is 0.300 bits per heavy atom. The number of esters is 4. The summed E-state index contributed by atoms with van der Waals surface area (Å²) in [6, 6.07) is 0. The second-order valence-electron chi connectivity index (χ2n) is 24.1. The van der Waals surface area contributed by atoms with Gasteiger partial charge in [0.2, 0.25) is 0 Å². The summed E-state index contributed by atoms with van der Waals surface area (Å²) in [5.74, 6) is -2.42. The van der Waals surface area contributed by atoms with Crippen molar-refractivity contribution in [2.75, 3.05) is 39.6 Å². The van der Waals surface area contributed by atoms with Crippen LogP contribution in [0.15, 0.2) is 170 Å². The van der Waals surface area contributed by atoms with Crippen molar-refractivity contribution in [2.45, 2.75) is 277 Å². The minimum Gasteiger partial charge on any atom is -0.462 e. The molecule has 0 aromatic carbocycles. The molecule has 0 radical (unpaired) electrons. The van der Waals surface area contributed by atoms with Crippen molar-refractivity contribution >= 4 is 39.5 Å². The summed E-state index contributed by atoms with van der Waals surface area (Å²) in [6.45, 7) is 4.24. The van der Waals surface area contributed by atoms with Crippen LogP contribution >= 0.6 is 15.6 Å². The molecule has 0 spiro atoms. The van der Waals surface area contributed by atoms with Gasteiger partial charge in [-0.1, -0.05) is 256 Å². The van der Waals surface area contributed by atoms with Crippen molar-refractivity contribution in [3.05, 3.63) is 170 Å². The average Bonchev–Trinajstić information content (AvgIpc) is 0.932. The molecule has 100 heavy (non-hydrogen) atoms. The molecule has 0 aromatic heterocycles. The Hall–Kier alpha value is -5.58. The van der Waals surface area contributed by atoms with Crippen molar-refractivity contribution in [1.29, 1.82) is 0 Å². The SMILES string of the molecule is CC/C=C\C/C=C\C/C=C\C/C=C\C/C=C\CC(=O)OC(COC(=O)CCCCCCCCC/C=C\C/C=C\C/C=C\CC)COP(=O)(O)OCC(O)COP(=O)(O)OCC(COC(=O)CCCC/C=C\C/C=C\C/C=C\C/C=C\CC)OC(=O)CCCCCCC/C=C\C/C=C\CCC. The maximum atomic E-state index is 13.1. The fraction of sp³-hybridized carbons (Fsp3) is 0.605. The molecule has 0 saturated heterocycles. The van der Waals surface area contributed by atoms with Crippen LogP contribution in [-0.2, 0) is 65.4 Å². The number of phosphoric ester groups is 2. The number of aliphatic hydroxyl groups is 1. The summed E-state index contributed by atoms with van der Waals surface area (Å²) in [4.78, 5) is 72.8. The summed E-state index contributed by atoms with van der Waals surface area (Å²) < 4.78 is 68.2. The molecule has 0 rings (SSSR count). The van der Waals surface area contributed by atoms with Gasteiger partial charge in [0.1, 0.15) is 19.3 Å². The van der Waals surface area contributed by atoms with Gasteiger partial charge in [-0.25, -0.2) is 9.13 Å². The Morgan fingerprint density at radius 3 is 0.910 bits per heavy atom. The maximum Gasteiger partial charge on any atom is 0.472 e. The molecule has 0 aromatic rings. The van der Waals surface area contributed by atoms with E-state index >= 15 is 0 Å². The molecule has 17 nitrogen and oxygen atoms in total. The Bertz CT molecular complexity index is 2570. The van der Waals surface area contributed by atoms with E-state index in [1.54, 1.807) is 12.2 Å². The fourth-order valence-corrected chi connectivity index (χ4v) is 10.7. The minimum absolute atomic E-state index is 0.0610. The predicted molar refractivity (Wildman–Crippen MR) is 408 cm³/mol. The van der Waals surface area contributed by atoms with E-state index in [0.717, 1.165) is 180 Å². The smallest absolute Gasteiger partial charge is 0.462 e. The van der Waals surface area contributed by atoms with Gasteiger partial charge in [-0.15, -0.1) is 0 Å². The van der Waals surface area contributed by atoms with Gasteiger partial charge in [0, 0.05) is 19.3 Å². The topological polar surface area (TPSA) is 237 Å². The molecule has 0 aliphatic carbocycles. The van der Waals surface area contributed by atoms with Gasteiger partial charge in [0.25, 0.3) is 0 Å². The van der Waals surface area contributed by atoms with Crippen LogP contribution in [0.4, 0.5) is 0 Å². The Labute approximate surface area is 603 Å². The fourth-order valence-electron chi connectivity index (χ4n) is 9.10. The molecule has 19 heteroatoms. The van der Waals surface area contributed by atoms with Crippen LogP contribution in [0.25, 0.3) is 0 Å². The highest BCUT2D eigenvalue weighted by atomic mass is 31.2. The van der Waals surface area contributed by atoms with Crippen molar-refractivity contribution < 1.29 is 80.2 Å². The van der Waals surface area contributed by atoms with Crippen LogP contribution in [0.1, 0.15) is 259 Å². The molecule has 0 saturated carbocycles. The normalized spacial score (nSPS) is 14.9. The van der Waals surface area contributed by atoms with Crippen LogP contribution in [-0.4, -0.2) is 96.7 Å². The number of carbonyl (C=O) groups excluding carboxylic acids is 4. The lowest BCUT2D eigenvalue weighted by atomic mass is 10.1. The standard InChI is InChI=1S/C81H130O17P2/c1-5-9-13-17-21-25-29-33-36-37-40-43-46-50-54-58-62-66-79(84)92-72-77(98-81(86)68-64-60-56-52-48-44-39-35-31-27-23-19-15-11-7-3)74-96-100(89,90)94-70-75(82)69-93-99(87,88)95-73-76(97-80(85)67-63-59-55-51-47-41-32-28-24-20-16-12-8-4)71-91-78(83)65-61-57-53-49-45-42-38-34-30-26-22-18-14-10-6-2/h9-11,13-16,20-23,25-28,32-36,38-39,45,48-49,52,60,64,75-77,82H,5-8,12,17-19,24,29-31,37,40-44,46-47,50-51,53-59,61-63,65-74H2,1-4H3,(H,87,88)(H,89,90)/b13-9-,14-10-,15-11-,20-16-,25-21-,26-22-,27-23-,32-28-,36-33-,38-34-,39-35-,49-45-,52-48-,64-60-. The highest BCUT2D eigenvalue weighted by molar-refractivity contribution is 7.47. The number of rotatable bonds is 68. The first kappa shape index (κ1) is 94.4. The molecule has 0 heterocycles. The van der Waals surface area contributed by atoms with Gasteiger partial charge in [-0.2, -0.15) is 0 Å². The van der Waals surface area contributed by atoms with E-state index in [4.69, 9.17) is 37.0 Å². The monoisotopic (exact) mass is 1440 g/mol. The summed E-state index contributed by atoms with van der Waals surface area (Å²) in [5.41, 5.74) is 0. The first-order chi connectivity index (χ1) is 48.7. The average molecular weight is 1440 g/mol. The van der Waals surface area contributed by atoms with Crippen molar-refractivity contribution in [2.24, 2.45) is 0 Å². The van der Waals surface area contributed by atoms with E-state index in [2.05, 4.69) is 174 Å². The molecule has 3 N–H and O–H groups in total. The van der Waals surface area contributed by atoms with E-state index in [1.807, 2.05) is 12.2 Å². The molecular weight excluding hydrogens is 1310 g/mol. The summed E-state index contributed by atoms with van der Waals surface area (Å²) >= 11 is 0.